The number of hydrogen-bond acceptors (Lipinski definition) is 1. The molecule has 5 aromatic carbocycles. The fourth-order valence-corrected chi connectivity index (χ4v) is 7.25. The minimum Gasteiger partial charge on any atom is -0.334 e. The molecule has 1 unspecified atom stereocenters. The molecule has 0 spiro atoms. The molecule has 41 heavy (non-hydrogen) atoms. The fourth-order valence-electron chi connectivity index (χ4n) is 7.25. The summed E-state index contributed by atoms with van der Waals surface area (Å²) in [7, 11) is 0. The Bertz CT molecular complexity index is 2110. The van der Waals surface area contributed by atoms with Gasteiger partial charge in [0.1, 0.15) is 0 Å². The molecular formula is C38H29N3. The summed E-state index contributed by atoms with van der Waals surface area (Å²) in [4.78, 5) is 0. The topological polar surface area (TPSA) is 33.6 Å². The van der Waals surface area contributed by atoms with Crippen LogP contribution in [0.25, 0.3) is 54.9 Å². The largest absolute Gasteiger partial charge is 0.334 e. The third-order valence-corrected chi connectivity index (χ3v) is 9.12. The third kappa shape index (κ3) is 3.51. The second kappa shape index (κ2) is 8.98. The van der Waals surface area contributed by atoms with E-state index < -0.39 is 0 Å². The Hall–Kier alpha value is -5.07. The van der Waals surface area contributed by atoms with Crippen LogP contribution >= 0.6 is 0 Å². The van der Waals surface area contributed by atoms with Crippen molar-refractivity contribution in [1.29, 1.82) is 5.26 Å². The van der Waals surface area contributed by atoms with E-state index in [0.29, 0.717) is 0 Å². The van der Waals surface area contributed by atoms with Crippen LogP contribution in [-0.2, 0) is 5.54 Å². The van der Waals surface area contributed by atoms with Crippen molar-refractivity contribution in [3.8, 4) is 11.8 Å². The Labute approximate surface area is 239 Å². The molecule has 8 rings (SSSR count). The van der Waals surface area contributed by atoms with Crippen LogP contribution < -0.4 is 0 Å². The highest BCUT2D eigenvalue weighted by Gasteiger charge is 2.35. The van der Waals surface area contributed by atoms with Gasteiger partial charge in [0.05, 0.1) is 17.1 Å². The summed E-state index contributed by atoms with van der Waals surface area (Å²) < 4.78 is 4.90. The maximum Gasteiger partial charge on any atom is 0.0950 e. The quantitative estimate of drug-likeness (QED) is 0.225. The van der Waals surface area contributed by atoms with Gasteiger partial charge in [0.2, 0.25) is 0 Å². The zero-order valence-corrected chi connectivity index (χ0v) is 23.0. The van der Waals surface area contributed by atoms with Crippen LogP contribution in [-0.4, -0.2) is 9.13 Å². The maximum atomic E-state index is 10.3. The molecule has 0 saturated heterocycles. The van der Waals surface area contributed by atoms with Crippen molar-refractivity contribution in [3.63, 3.8) is 0 Å². The minimum atomic E-state index is -0.165. The Kier molecular flexibility index (Phi) is 5.21. The van der Waals surface area contributed by atoms with E-state index in [1.165, 1.54) is 43.6 Å². The van der Waals surface area contributed by atoms with E-state index in [9.17, 15) is 5.26 Å². The molecule has 0 fully saturated rings. The van der Waals surface area contributed by atoms with Gasteiger partial charge in [0, 0.05) is 49.4 Å². The fraction of sp³-hybridized carbons (Fsp3) is 0.132. The lowest BCUT2D eigenvalue weighted by Gasteiger charge is -2.38. The molecule has 2 aromatic heterocycles. The van der Waals surface area contributed by atoms with Crippen LogP contribution in [0.4, 0.5) is 0 Å². The van der Waals surface area contributed by atoms with Crippen molar-refractivity contribution in [2.24, 2.45) is 0 Å². The molecular weight excluding hydrogens is 498 g/mol. The van der Waals surface area contributed by atoms with Gasteiger partial charge in [-0.25, -0.2) is 0 Å². The average molecular weight is 528 g/mol. The van der Waals surface area contributed by atoms with Crippen LogP contribution in [0.5, 0.6) is 0 Å². The van der Waals surface area contributed by atoms with Crippen molar-refractivity contribution >= 4 is 49.2 Å². The Morgan fingerprint density at radius 1 is 0.634 bits per heavy atom. The van der Waals surface area contributed by atoms with Crippen LogP contribution in [0.1, 0.15) is 31.7 Å². The number of nitrogens with zero attached hydrogens (tertiary/aromatic N) is 3. The van der Waals surface area contributed by atoms with Crippen molar-refractivity contribution in [2.75, 3.05) is 0 Å². The molecule has 0 aliphatic heterocycles. The first-order valence-corrected chi connectivity index (χ1v) is 14.4. The molecule has 2 heterocycles. The molecule has 0 radical (unpaired) electrons. The van der Waals surface area contributed by atoms with E-state index >= 15 is 0 Å². The highest BCUT2D eigenvalue weighted by atomic mass is 15.1. The number of aromatic nitrogens is 2. The first-order valence-electron chi connectivity index (χ1n) is 14.4. The average Bonchev–Trinajstić information content (AvgIpc) is 3.55. The van der Waals surface area contributed by atoms with Crippen LogP contribution in [0.2, 0.25) is 0 Å². The predicted molar refractivity (Wildman–Crippen MR) is 170 cm³/mol. The van der Waals surface area contributed by atoms with Gasteiger partial charge < -0.3 is 9.13 Å². The number of para-hydroxylation sites is 4. The van der Waals surface area contributed by atoms with Gasteiger partial charge >= 0.3 is 0 Å². The van der Waals surface area contributed by atoms with Crippen molar-refractivity contribution in [3.05, 3.63) is 132 Å². The number of nitriles is 1. The molecule has 7 aromatic rings. The van der Waals surface area contributed by atoms with Crippen LogP contribution in [0.15, 0.2) is 127 Å². The van der Waals surface area contributed by atoms with E-state index in [2.05, 4.69) is 143 Å². The van der Waals surface area contributed by atoms with E-state index in [1.54, 1.807) is 0 Å². The lowest BCUT2D eigenvalue weighted by atomic mass is 9.76. The van der Waals surface area contributed by atoms with Crippen LogP contribution in [0.3, 0.4) is 0 Å². The summed E-state index contributed by atoms with van der Waals surface area (Å²) in [6.45, 7) is 2.37. The highest BCUT2D eigenvalue weighted by Crippen LogP contribution is 2.46. The molecule has 1 aliphatic carbocycles. The van der Waals surface area contributed by atoms with Gasteiger partial charge in [-0.15, -0.1) is 0 Å². The summed E-state index contributed by atoms with van der Waals surface area (Å²) in [5, 5.41) is 15.4. The Balaban J connectivity index is 1.30. The number of allylic oxidation sites excluding steroid dienone is 2. The predicted octanol–water partition coefficient (Wildman–Crippen LogP) is 9.77. The van der Waals surface area contributed by atoms with Gasteiger partial charge in [0.15, 0.2) is 0 Å². The number of fused-ring (bicyclic) bond motifs is 6. The van der Waals surface area contributed by atoms with Crippen molar-refractivity contribution in [1.82, 2.24) is 9.13 Å². The first kappa shape index (κ1) is 23.8. The molecule has 1 atom stereocenters. The van der Waals surface area contributed by atoms with Gasteiger partial charge in [-0.05, 0) is 73.7 Å². The SMILES string of the molecule is CC1(n2c3ccccc3c3ccccc32)CCC(C#N)=C(c2cccc(-n3c4ccccc4c4ccccc43)c2)C1. The van der Waals surface area contributed by atoms with Crippen LogP contribution in [0, 0.1) is 11.3 Å². The van der Waals surface area contributed by atoms with E-state index in [4.69, 9.17) is 0 Å². The summed E-state index contributed by atoms with van der Waals surface area (Å²) in [6.07, 6.45) is 2.49. The van der Waals surface area contributed by atoms with E-state index in [0.717, 1.165) is 41.7 Å². The van der Waals surface area contributed by atoms with Crippen molar-refractivity contribution in [2.45, 2.75) is 31.7 Å². The summed E-state index contributed by atoms with van der Waals surface area (Å²) in [6, 6.07) is 46.1. The molecule has 0 saturated carbocycles. The van der Waals surface area contributed by atoms with E-state index in [-0.39, 0.29) is 5.54 Å². The molecule has 3 heteroatoms. The summed E-state index contributed by atoms with van der Waals surface area (Å²) in [5.41, 5.74) is 9.05. The molecule has 196 valence electrons. The normalized spacial score (nSPS) is 17.6. The maximum absolute atomic E-state index is 10.3. The summed E-state index contributed by atoms with van der Waals surface area (Å²) in [5.74, 6) is 0. The van der Waals surface area contributed by atoms with Crippen molar-refractivity contribution < 1.29 is 0 Å². The molecule has 0 bridgehead atoms. The van der Waals surface area contributed by atoms with Gasteiger partial charge in [-0.2, -0.15) is 5.26 Å². The molecule has 3 nitrogen and oxygen atoms in total. The second-order valence-corrected chi connectivity index (χ2v) is 11.5. The standard InChI is InChI=1S/C38H29N3/c1-38(41-36-19-8-4-15-31(36)32-16-5-9-20-37(32)41)22-21-27(25-39)33(24-38)26-11-10-12-28(23-26)40-34-17-6-2-13-29(34)30-14-3-7-18-35(30)40/h2-20,23H,21-22,24H2,1H3. The van der Waals surface area contributed by atoms with E-state index in [1.807, 2.05) is 0 Å². The Morgan fingerprint density at radius 2 is 1.15 bits per heavy atom. The van der Waals surface area contributed by atoms with Gasteiger partial charge in [-0.3, -0.25) is 0 Å². The zero-order chi connectivity index (χ0) is 27.6. The minimum absolute atomic E-state index is 0.165. The molecule has 0 amide bonds. The number of benzene rings is 5. The lowest BCUT2D eigenvalue weighted by molar-refractivity contribution is 0.310. The van der Waals surface area contributed by atoms with Gasteiger partial charge in [-0.1, -0.05) is 84.9 Å². The molecule has 0 N–H and O–H groups in total. The monoisotopic (exact) mass is 527 g/mol. The smallest absolute Gasteiger partial charge is 0.0950 e. The Morgan fingerprint density at radius 3 is 1.71 bits per heavy atom. The highest BCUT2D eigenvalue weighted by molar-refractivity contribution is 6.09. The number of rotatable bonds is 3. The molecule has 1 aliphatic rings. The number of hydrogen-bond donors (Lipinski definition) is 0. The van der Waals surface area contributed by atoms with Gasteiger partial charge in [0.25, 0.3) is 0 Å². The third-order valence-electron chi connectivity index (χ3n) is 9.12. The summed E-state index contributed by atoms with van der Waals surface area (Å²) >= 11 is 0. The second-order valence-electron chi connectivity index (χ2n) is 11.5. The lowest BCUT2D eigenvalue weighted by Crippen LogP contribution is -2.33. The first-order chi connectivity index (χ1) is 20.2. The zero-order valence-electron chi connectivity index (χ0n) is 23.0.